The Balaban J connectivity index is 4.40. The van der Waals surface area contributed by atoms with Crippen LogP contribution in [0, 0.1) is 5.92 Å². The Morgan fingerprint density at radius 2 is 1.79 bits per heavy atom. The zero-order chi connectivity index (χ0) is 15.0. The number of aliphatic hydroxyl groups is 1. The van der Waals surface area contributed by atoms with E-state index >= 15 is 0 Å². The number of carbonyl (C=O) groups is 2. The third-order valence-corrected chi connectivity index (χ3v) is 2.46. The molecule has 0 saturated heterocycles. The van der Waals surface area contributed by atoms with Crippen molar-refractivity contribution in [1.82, 2.24) is 15.5 Å². The molecule has 0 heterocycles. The molecular formula is C12H25N3O4. The maximum absolute atomic E-state index is 11.7. The third kappa shape index (κ3) is 8.39. The van der Waals surface area contributed by atoms with Gasteiger partial charge in [0, 0.05) is 12.6 Å². The van der Waals surface area contributed by atoms with Crippen molar-refractivity contribution in [2.24, 2.45) is 5.92 Å². The van der Waals surface area contributed by atoms with Crippen molar-refractivity contribution in [2.75, 3.05) is 27.2 Å². The number of nitrogens with one attached hydrogen (secondary N) is 2. The van der Waals surface area contributed by atoms with Crippen LogP contribution >= 0.6 is 0 Å². The van der Waals surface area contributed by atoms with Crippen molar-refractivity contribution >= 4 is 12.0 Å². The number of nitrogens with zero attached hydrogens (tertiary/aromatic N) is 1. The largest absolute Gasteiger partial charge is 0.480 e. The van der Waals surface area contributed by atoms with Gasteiger partial charge >= 0.3 is 12.0 Å². The van der Waals surface area contributed by atoms with Crippen molar-refractivity contribution in [2.45, 2.75) is 32.4 Å². The lowest BCUT2D eigenvalue weighted by Gasteiger charge is -2.24. The highest BCUT2D eigenvalue weighted by Crippen LogP contribution is 2.05. The number of amides is 2. The Kier molecular flexibility index (Phi) is 8.09. The van der Waals surface area contributed by atoms with Crippen LogP contribution in [0.15, 0.2) is 0 Å². The van der Waals surface area contributed by atoms with Crippen molar-refractivity contribution in [1.29, 1.82) is 0 Å². The van der Waals surface area contributed by atoms with Gasteiger partial charge in [0.25, 0.3) is 0 Å². The second-order valence-electron chi connectivity index (χ2n) is 5.28. The molecule has 0 radical (unpaired) electrons. The molecule has 0 saturated carbocycles. The van der Waals surface area contributed by atoms with Gasteiger partial charge in [-0.25, -0.2) is 9.59 Å². The standard InChI is InChI=1S/C12H25N3O4/c1-8(2)5-9(6-15(3)4)13-12(19)14-10(7-16)11(17)18/h8-10,16H,5-7H2,1-4H3,(H,17,18)(H2,13,14,19)/t9?,10-/m0/s1. The lowest BCUT2D eigenvalue weighted by atomic mass is 10.0. The zero-order valence-electron chi connectivity index (χ0n) is 12.0. The minimum Gasteiger partial charge on any atom is -0.480 e. The van der Waals surface area contributed by atoms with E-state index in [9.17, 15) is 9.59 Å². The SMILES string of the molecule is CC(C)CC(CN(C)C)NC(=O)N[C@@H](CO)C(=O)O. The Morgan fingerprint density at radius 1 is 1.21 bits per heavy atom. The Labute approximate surface area is 114 Å². The first-order chi connectivity index (χ1) is 8.76. The van der Waals surface area contributed by atoms with Crippen LogP contribution in [0.2, 0.25) is 0 Å². The van der Waals surface area contributed by atoms with Crippen LogP contribution in [-0.4, -0.2) is 66.4 Å². The number of carboxylic acids is 1. The average Bonchev–Trinajstić information content (AvgIpc) is 2.23. The van der Waals surface area contributed by atoms with Gasteiger partial charge < -0.3 is 25.7 Å². The summed E-state index contributed by atoms with van der Waals surface area (Å²) in [7, 11) is 3.81. The molecule has 0 aliphatic heterocycles. The minimum atomic E-state index is -1.28. The molecule has 0 bridgehead atoms. The monoisotopic (exact) mass is 275 g/mol. The summed E-state index contributed by atoms with van der Waals surface area (Å²) in [5, 5.41) is 22.5. The van der Waals surface area contributed by atoms with E-state index in [-0.39, 0.29) is 6.04 Å². The molecule has 4 N–H and O–H groups in total. The Hall–Kier alpha value is -1.34. The predicted octanol–water partition coefficient (Wildman–Crippen LogP) is -0.293. The molecule has 0 aromatic carbocycles. The number of aliphatic carboxylic acids is 1. The fourth-order valence-corrected chi connectivity index (χ4v) is 1.76. The second-order valence-corrected chi connectivity index (χ2v) is 5.28. The Morgan fingerprint density at radius 3 is 2.16 bits per heavy atom. The summed E-state index contributed by atoms with van der Waals surface area (Å²) in [6.07, 6.45) is 0.794. The number of hydrogen-bond acceptors (Lipinski definition) is 4. The van der Waals surface area contributed by atoms with E-state index in [2.05, 4.69) is 24.5 Å². The lowest BCUT2D eigenvalue weighted by Crippen LogP contribution is -2.52. The predicted molar refractivity (Wildman–Crippen MR) is 72.0 cm³/mol. The molecule has 112 valence electrons. The summed E-state index contributed by atoms with van der Waals surface area (Å²) in [6.45, 7) is 4.14. The van der Waals surface area contributed by atoms with E-state index in [4.69, 9.17) is 10.2 Å². The van der Waals surface area contributed by atoms with E-state index in [1.807, 2.05) is 19.0 Å². The van der Waals surface area contributed by atoms with E-state index in [1.165, 1.54) is 0 Å². The topological polar surface area (TPSA) is 102 Å². The first-order valence-electron chi connectivity index (χ1n) is 6.31. The number of rotatable bonds is 8. The molecular weight excluding hydrogens is 250 g/mol. The average molecular weight is 275 g/mol. The van der Waals surface area contributed by atoms with Gasteiger partial charge in [-0.3, -0.25) is 0 Å². The van der Waals surface area contributed by atoms with Crippen LogP contribution < -0.4 is 10.6 Å². The molecule has 0 spiro atoms. The summed E-state index contributed by atoms with van der Waals surface area (Å²) >= 11 is 0. The van der Waals surface area contributed by atoms with Crippen LogP contribution in [0.1, 0.15) is 20.3 Å². The first kappa shape index (κ1) is 17.7. The van der Waals surface area contributed by atoms with Crippen LogP contribution in [0.4, 0.5) is 4.79 Å². The molecule has 7 heteroatoms. The number of aliphatic hydroxyl groups excluding tert-OH is 1. The van der Waals surface area contributed by atoms with E-state index in [1.54, 1.807) is 0 Å². The van der Waals surface area contributed by atoms with Crippen LogP contribution in [0.25, 0.3) is 0 Å². The molecule has 0 aliphatic carbocycles. The van der Waals surface area contributed by atoms with Gasteiger partial charge in [0.2, 0.25) is 0 Å². The van der Waals surface area contributed by atoms with Crippen LogP contribution in [0.3, 0.4) is 0 Å². The molecule has 0 aromatic heterocycles. The molecule has 0 aromatic rings. The second kappa shape index (κ2) is 8.71. The fourth-order valence-electron chi connectivity index (χ4n) is 1.76. The summed E-state index contributed by atoms with van der Waals surface area (Å²) in [4.78, 5) is 24.3. The fraction of sp³-hybridized carbons (Fsp3) is 0.833. The summed E-state index contributed by atoms with van der Waals surface area (Å²) in [5.74, 6) is -0.843. The first-order valence-corrected chi connectivity index (χ1v) is 6.31. The highest BCUT2D eigenvalue weighted by molar-refractivity contribution is 5.82. The number of carbonyl (C=O) groups excluding carboxylic acids is 1. The van der Waals surface area contributed by atoms with Gasteiger partial charge in [-0.1, -0.05) is 13.8 Å². The highest BCUT2D eigenvalue weighted by atomic mass is 16.4. The van der Waals surface area contributed by atoms with Crippen molar-refractivity contribution in [3.05, 3.63) is 0 Å². The molecule has 0 aliphatic rings. The van der Waals surface area contributed by atoms with Gasteiger partial charge in [0.15, 0.2) is 6.04 Å². The Bertz CT molecular complexity index is 285. The molecule has 2 amide bonds. The van der Waals surface area contributed by atoms with Gasteiger partial charge in [0.1, 0.15) is 0 Å². The van der Waals surface area contributed by atoms with Crippen molar-refractivity contribution in [3.63, 3.8) is 0 Å². The van der Waals surface area contributed by atoms with Gasteiger partial charge in [-0.2, -0.15) is 0 Å². The smallest absolute Gasteiger partial charge is 0.328 e. The van der Waals surface area contributed by atoms with Crippen molar-refractivity contribution < 1.29 is 19.8 Å². The summed E-state index contributed by atoms with van der Waals surface area (Å²) in [5.41, 5.74) is 0. The van der Waals surface area contributed by atoms with E-state index < -0.39 is 24.6 Å². The van der Waals surface area contributed by atoms with Crippen LogP contribution in [0.5, 0.6) is 0 Å². The van der Waals surface area contributed by atoms with Gasteiger partial charge in [-0.05, 0) is 26.4 Å². The normalized spacial score (nSPS) is 14.3. The molecule has 19 heavy (non-hydrogen) atoms. The molecule has 0 fully saturated rings. The summed E-state index contributed by atoms with van der Waals surface area (Å²) in [6, 6.07) is -1.92. The van der Waals surface area contributed by atoms with Crippen LogP contribution in [-0.2, 0) is 4.79 Å². The van der Waals surface area contributed by atoms with E-state index in [0.29, 0.717) is 12.5 Å². The maximum Gasteiger partial charge on any atom is 0.328 e. The lowest BCUT2D eigenvalue weighted by molar-refractivity contribution is -0.140. The molecule has 0 rings (SSSR count). The van der Waals surface area contributed by atoms with Gasteiger partial charge in [0.05, 0.1) is 6.61 Å². The number of likely N-dealkylation sites (N-methyl/N-ethyl adjacent to an activating group) is 1. The van der Waals surface area contributed by atoms with Gasteiger partial charge in [-0.15, -0.1) is 0 Å². The maximum atomic E-state index is 11.7. The summed E-state index contributed by atoms with van der Waals surface area (Å²) < 4.78 is 0. The van der Waals surface area contributed by atoms with Crippen molar-refractivity contribution in [3.8, 4) is 0 Å². The molecule has 7 nitrogen and oxygen atoms in total. The quantitative estimate of drug-likeness (QED) is 0.487. The van der Waals surface area contributed by atoms with E-state index in [0.717, 1.165) is 6.42 Å². The third-order valence-electron chi connectivity index (χ3n) is 2.46. The number of hydrogen-bond donors (Lipinski definition) is 4. The zero-order valence-corrected chi connectivity index (χ0v) is 12.0. The highest BCUT2D eigenvalue weighted by Gasteiger charge is 2.21. The minimum absolute atomic E-state index is 0.0665. The number of urea groups is 1. The number of carboxylic acid groups (broad SMARTS) is 1. The molecule has 1 unspecified atom stereocenters. The molecule has 2 atom stereocenters.